The van der Waals surface area contributed by atoms with Crippen LogP contribution in [0.15, 0.2) is 18.2 Å². The molecule has 16 heavy (non-hydrogen) atoms. The van der Waals surface area contributed by atoms with Gasteiger partial charge in [0.2, 0.25) is 0 Å². The Labute approximate surface area is 94.8 Å². The molecule has 0 aliphatic heterocycles. The van der Waals surface area contributed by atoms with Gasteiger partial charge in [-0.15, -0.1) is 0 Å². The molecule has 0 spiro atoms. The summed E-state index contributed by atoms with van der Waals surface area (Å²) in [5.74, 6) is -0.373. The van der Waals surface area contributed by atoms with Crippen molar-refractivity contribution in [1.82, 2.24) is 0 Å². The largest absolute Gasteiger partial charge is 0.465 e. The molecule has 0 radical (unpaired) electrons. The molecule has 4 nitrogen and oxygen atoms in total. The number of rotatable bonds is 4. The number of hydrogen-bond donors (Lipinski definition) is 1. The first-order valence-electron chi connectivity index (χ1n) is 5.05. The first kappa shape index (κ1) is 12.1. The monoisotopic (exact) mass is 218 g/mol. The number of aryl methyl sites for hydroxylation is 1. The van der Waals surface area contributed by atoms with Crippen LogP contribution in [-0.4, -0.2) is 19.6 Å². The maximum absolute atomic E-state index is 11.3. The molecule has 0 unspecified atom stereocenters. The Balaban J connectivity index is 3.01. The van der Waals surface area contributed by atoms with Gasteiger partial charge in [0.1, 0.15) is 6.54 Å². The number of methoxy groups -OCH3 is 1. The summed E-state index contributed by atoms with van der Waals surface area (Å²) in [5, 5.41) is 11.5. The Morgan fingerprint density at radius 1 is 1.56 bits per heavy atom. The van der Waals surface area contributed by atoms with Gasteiger partial charge < -0.3 is 10.1 Å². The molecule has 0 heterocycles. The fourth-order valence-electron chi connectivity index (χ4n) is 1.43. The highest BCUT2D eigenvalue weighted by Gasteiger charge is 2.08. The van der Waals surface area contributed by atoms with Crippen LogP contribution in [0.4, 0.5) is 5.69 Å². The maximum Gasteiger partial charge on any atom is 0.337 e. The van der Waals surface area contributed by atoms with E-state index in [1.807, 2.05) is 19.1 Å². The zero-order chi connectivity index (χ0) is 12.0. The SMILES string of the molecule is CCc1ccc(C(=O)OC)cc1NCC#N. The molecule has 0 aromatic heterocycles. The number of hydrogen-bond acceptors (Lipinski definition) is 4. The number of esters is 1. The lowest BCUT2D eigenvalue weighted by Gasteiger charge is -2.09. The van der Waals surface area contributed by atoms with Crippen molar-refractivity contribution in [1.29, 1.82) is 5.26 Å². The molecule has 0 saturated heterocycles. The first-order valence-corrected chi connectivity index (χ1v) is 5.05. The van der Waals surface area contributed by atoms with Crippen LogP contribution in [0.1, 0.15) is 22.8 Å². The Morgan fingerprint density at radius 2 is 2.31 bits per heavy atom. The van der Waals surface area contributed by atoms with Gasteiger partial charge in [-0.2, -0.15) is 5.26 Å². The second-order valence-corrected chi connectivity index (χ2v) is 3.23. The smallest absolute Gasteiger partial charge is 0.337 e. The molecule has 84 valence electrons. The minimum Gasteiger partial charge on any atom is -0.465 e. The van der Waals surface area contributed by atoms with Gasteiger partial charge in [-0.1, -0.05) is 13.0 Å². The van der Waals surface area contributed by atoms with E-state index in [2.05, 4.69) is 10.1 Å². The normalized spacial score (nSPS) is 9.31. The van der Waals surface area contributed by atoms with Crippen molar-refractivity contribution in [2.45, 2.75) is 13.3 Å². The minimum atomic E-state index is -0.373. The van der Waals surface area contributed by atoms with Gasteiger partial charge in [-0.25, -0.2) is 4.79 Å². The van der Waals surface area contributed by atoms with Crippen molar-refractivity contribution in [2.24, 2.45) is 0 Å². The molecule has 0 aliphatic carbocycles. The van der Waals surface area contributed by atoms with E-state index in [-0.39, 0.29) is 12.5 Å². The molecule has 0 atom stereocenters. The van der Waals surface area contributed by atoms with Crippen molar-refractivity contribution in [3.8, 4) is 6.07 Å². The zero-order valence-corrected chi connectivity index (χ0v) is 9.41. The maximum atomic E-state index is 11.3. The molecule has 0 amide bonds. The molecule has 1 rings (SSSR count). The number of benzene rings is 1. The quantitative estimate of drug-likeness (QED) is 0.620. The van der Waals surface area contributed by atoms with Crippen LogP contribution in [0.5, 0.6) is 0 Å². The van der Waals surface area contributed by atoms with E-state index in [9.17, 15) is 4.79 Å². The summed E-state index contributed by atoms with van der Waals surface area (Å²) in [4.78, 5) is 11.3. The van der Waals surface area contributed by atoms with Gasteiger partial charge in [0, 0.05) is 5.69 Å². The van der Waals surface area contributed by atoms with Crippen LogP contribution in [0.25, 0.3) is 0 Å². The molecule has 0 fully saturated rings. The Kier molecular flexibility index (Phi) is 4.34. The number of anilines is 1. The van der Waals surface area contributed by atoms with E-state index in [4.69, 9.17) is 5.26 Å². The number of ether oxygens (including phenoxy) is 1. The fourth-order valence-corrected chi connectivity index (χ4v) is 1.43. The predicted octanol–water partition coefficient (Wildman–Crippen LogP) is 1.97. The summed E-state index contributed by atoms with van der Waals surface area (Å²) in [7, 11) is 1.35. The highest BCUT2D eigenvalue weighted by atomic mass is 16.5. The lowest BCUT2D eigenvalue weighted by molar-refractivity contribution is 0.0601. The van der Waals surface area contributed by atoms with Gasteiger partial charge in [0.25, 0.3) is 0 Å². The Hall–Kier alpha value is -2.02. The van der Waals surface area contributed by atoms with Gasteiger partial charge in [-0.3, -0.25) is 0 Å². The van der Waals surface area contributed by atoms with Crippen molar-refractivity contribution in [3.05, 3.63) is 29.3 Å². The molecule has 4 heteroatoms. The average Bonchev–Trinajstić information content (AvgIpc) is 2.34. The topological polar surface area (TPSA) is 62.1 Å². The second-order valence-electron chi connectivity index (χ2n) is 3.23. The standard InChI is InChI=1S/C12H14N2O2/c1-3-9-4-5-10(12(15)16-2)8-11(9)14-7-6-13/h4-5,8,14H,3,7H2,1-2H3. The van der Waals surface area contributed by atoms with E-state index < -0.39 is 0 Å². The lowest BCUT2D eigenvalue weighted by Crippen LogP contribution is -2.06. The summed E-state index contributed by atoms with van der Waals surface area (Å²) in [6.45, 7) is 2.24. The number of carbonyl (C=O) groups is 1. The van der Waals surface area contributed by atoms with Crippen molar-refractivity contribution in [2.75, 3.05) is 19.0 Å². The second kappa shape index (κ2) is 5.76. The summed E-state index contributed by atoms with van der Waals surface area (Å²) in [5.41, 5.74) is 2.37. The molecule has 1 aromatic rings. The predicted molar refractivity (Wildman–Crippen MR) is 61.3 cm³/mol. The van der Waals surface area contributed by atoms with Gasteiger partial charge in [-0.05, 0) is 24.1 Å². The number of nitriles is 1. The van der Waals surface area contributed by atoms with E-state index in [0.29, 0.717) is 5.56 Å². The Bertz CT molecular complexity index is 422. The summed E-state index contributed by atoms with van der Waals surface area (Å²) in [6, 6.07) is 7.30. The van der Waals surface area contributed by atoms with Gasteiger partial charge >= 0.3 is 5.97 Å². The van der Waals surface area contributed by atoms with Crippen LogP contribution in [0.3, 0.4) is 0 Å². The molecule has 0 aliphatic rings. The van der Waals surface area contributed by atoms with Crippen molar-refractivity contribution >= 4 is 11.7 Å². The van der Waals surface area contributed by atoms with Crippen LogP contribution < -0.4 is 5.32 Å². The van der Waals surface area contributed by atoms with E-state index in [1.165, 1.54) is 7.11 Å². The lowest BCUT2D eigenvalue weighted by atomic mass is 10.1. The highest BCUT2D eigenvalue weighted by molar-refractivity contribution is 5.90. The fraction of sp³-hybridized carbons (Fsp3) is 0.333. The van der Waals surface area contributed by atoms with Crippen LogP contribution in [-0.2, 0) is 11.2 Å². The molecular weight excluding hydrogens is 204 g/mol. The van der Waals surface area contributed by atoms with E-state index >= 15 is 0 Å². The van der Waals surface area contributed by atoms with Crippen LogP contribution >= 0.6 is 0 Å². The van der Waals surface area contributed by atoms with E-state index in [1.54, 1.807) is 12.1 Å². The van der Waals surface area contributed by atoms with E-state index in [0.717, 1.165) is 17.7 Å². The average molecular weight is 218 g/mol. The number of carbonyl (C=O) groups excluding carboxylic acids is 1. The summed E-state index contributed by atoms with van der Waals surface area (Å²) < 4.78 is 4.64. The minimum absolute atomic E-state index is 0.220. The third-order valence-corrected chi connectivity index (χ3v) is 2.27. The summed E-state index contributed by atoms with van der Waals surface area (Å²) in [6.07, 6.45) is 0.842. The third kappa shape index (κ3) is 2.74. The molecule has 1 aromatic carbocycles. The third-order valence-electron chi connectivity index (χ3n) is 2.27. The molecular formula is C12H14N2O2. The Morgan fingerprint density at radius 3 is 2.88 bits per heavy atom. The molecule has 0 saturated carbocycles. The number of nitrogens with one attached hydrogen (secondary N) is 1. The highest BCUT2D eigenvalue weighted by Crippen LogP contribution is 2.18. The summed E-state index contributed by atoms with van der Waals surface area (Å²) >= 11 is 0. The van der Waals surface area contributed by atoms with Crippen LogP contribution in [0, 0.1) is 11.3 Å². The van der Waals surface area contributed by atoms with Gasteiger partial charge in [0.05, 0.1) is 18.7 Å². The van der Waals surface area contributed by atoms with Crippen LogP contribution in [0.2, 0.25) is 0 Å². The number of nitrogens with zero attached hydrogens (tertiary/aromatic N) is 1. The zero-order valence-electron chi connectivity index (χ0n) is 9.41. The molecule has 0 bridgehead atoms. The van der Waals surface area contributed by atoms with Gasteiger partial charge in [0.15, 0.2) is 0 Å². The van der Waals surface area contributed by atoms with Crippen molar-refractivity contribution < 1.29 is 9.53 Å². The van der Waals surface area contributed by atoms with Crippen molar-refractivity contribution in [3.63, 3.8) is 0 Å². The molecule has 1 N–H and O–H groups in total. The first-order chi connectivity index (χ1) is 7.72.